The van der Waals surface area contributed by atoms with Gasteiger partial charge in [0.2, 0.25) is 0 Å². The summed E-state index contributed by atoms with van der Waals surface area (Å²) < 4.78 is 0. The summed E-state index contributed by atoms with van der Waals surface area (Å²) in [5.74, 6) is -3.65. The first-order valence-corrected chi connectivity index (χ1v) is 9.57. The standard InChI is InChI=1S/C17H22N2S.C2H2O4/c1-2-3-4-8-11-15-12-19-13-16(18-17(19)20-15)14-9-6-5-7-10-14;3-1(4)2(5)6/h5-7,9-10,12,16H,2-4,8,11,13H2,1H3;(H,3,4)(H,5,6)/t16-;/m0./s1. The molecule has 7 heteroatoms. The highest BCUT2D eigenvalue weighted by Crippen LogP contribution is 2.39. The lowest BCUT2D eigenvalue weighted by molar-refractivity contribution is -0.159. The molecule has 0 aliphatic carbocycles. The molecule has 0 saturated heterocycles. The number of aliphatic carboxylic acids is 2. The second-order valence-corrected chi connectivity index (χ2v) is 7.20. The quantitative estimate of drug-likeness (QED) is 0.573. The summed E-state index contributed by atoms with van der Waals surface area (Å²) in [7, 11) is 0. The van der Waals surface area contributed by atoms with Gasteiger partial charge in [-0.2, -0.15) is 0 Å². The molecule has 1 aromatic carbocycles. The summed E-state index contributed by atoms with van der Waals surface area (Å²) in [5, 5.41) is 16.0. The van der Waals surface area contributed by atoms with Gasteiger partial charge in [-0.05, 0) is 18.4 Å². The third-order valence-corrected chi connectivity index (χ3v) is 5.14. The number of aliphatic imine (C=N–C) groups is 1. The maximum absolute atomic E-state index is 9.10. The van der Waals surface area contributed by atoms with E-state index in [4.69, 9.17) is 24.8 Å². The second kappa shape index (κ2) is 10.0. The Labute approximate surface area is 157 Å². The Morgan fingerprint density at radius 3 is 2.42 bits per heavy atom. The maximum atomic E-state index is 9.10. The van der Waals surface area contributed by atoms with Gasteiger partial charge in [0.25, 0.3) is 0 Å². The summed E-state index contributed by atoms with van der Waals surface area (Å²) >= 11 is 1.87. The van der Waals surface area contributed by atoms with Gasteiger partial charge in [0.05, 0.1) is 12.6 Å². The number of carbonyl (C=O) groups is 2. The van der Waals surface area contributed by atoms with E-state index < -0.39 is 11.9 Å². The molecule has 6 nitrogen and oxygen atoms in total. The molecule has 2 aliphatic rings. The van der Waals surface area contributed by atoms with Crippen LogP contribution in [0.5, 0.6) is 0 Å². The SMILES string of the molecule is CCCCCCC1=CN2C[C@@H](c3ccccc3)N=C2S1.O=C(O)C(=O)O. The van der Waals surface area contributed by atoms with Crippen molar-refractivity contribution in [2.24, 2.45) is 4.99 Å². The molecule has 0 unspecified atom stereocenters. The molecule has 2 aliphatic heterocycles. The molecule has 0 bridgehead atoms. The van der Waals surface area contributed by atoms with Crippen LogP contribution in [-0.2, 0) is 9.59 Å². The van der Waals surface area contributed by atoms with Crippen LogP contribution in [0.1, 0.15) is 50.6 Å². The van der Waals surface area contributed by atoms with Crippen molar-refractivity contribution in [3.8, 4) is 0 Å². The Kier molecular flexibility index (Phi) is 7.72. The second-order valence-electron chi connectivity index (χ2n) is 6.11. The van der Waals surface area contributed by atoms with Crippen LogP contribution in [0, 0.1) is 0 Å². The van der Waals surface area contributed by atoms with Crippen LogP contribution >= 0.6 is 11.8 Å². The fraction of sp³-hybridized carbons (Fsp3) is 0.421. The largest absolute Gasteiger partial charge is 0.473 e. The van der Waals surface area contributed by atoms with Crippen molar-refractivity contribution in [3.63, 3.8) is 0 Å². The predicted molar refractivity (Wildman–Crippen MR) is 103 cm³/mol. The fourth-order valence-electron chi connectivity index (χ4n) is 2.72. The van der Waals surface area contributed by atoms with Gasteiger partial charge < -0.3 is 15.1 Å². The van der Waals surface area contributed by atoms with Gasteiger partial charge in [0, 0.05) is 11.1 Å². The van der Waals surface area contributed by atoms with Gasteiger partial charge >= 0.3 is 11.9 Å². The average Bonchev–Trinajstić information content (AvgIpc) is 3.18. The minimum atomic E-state index is -1.82. The number of hydrogen-bond donors (Lipinski definition) is 2. The summed E-state index contributed by atoms with van der Waals surface area (Å²) in [5.41, 5.74) is 1.33. The average molecular weight is 376 g/mol. The van der Waals surface area contributed by atoms with Gasteiger partial charge in [0.15, 0.2) is 5.17 Å². The van der Waals surface area contributed by atoms with Crippen LogP contribution in [0.4, 0.5) is 0 Å². The van der Waals surface area contributed by atoms with Crippen LogP contribution in [0.2, 0.25) is 0 Å². The number of unbranched alkanes of at least 4 members (excludes halogenated alkanes) is 3. The van der Waals surface area contributed by atoms with Crippen LogP contribution < -0.4 is 0 Å². The third-order valence-electron chi connectivity index (χ3n) is 4.05. The number of carboxylic acids is 2. The first-order valence-electron chi connectivity index (χ1n) is 8.75. The normalized spacial score (nSPS) is 17.7. The molecule has 2 heterocycles. The van der Waals surface area contributed by atoms with Crippen LogP contribution in [-0.4, -0.2) is 38.8 Å². The summed E-state index contributed by atoms with van der Waals surface area (Å²) in [6.07, 6.45) is 8.88. The number of nitrogens with zero attached hydrogens (tertiary/aromatic N) is 2. The van der Waals surface area contributed by atoms with E-state index in [1.165, 1.54) is 47.7 Å². The Morgan fingerprint density at radius 2 is 1.85 bits per heavy atom. The molecule has 0 fully saturated rings. The molecule has 0 spiro atoms. The lowest BCUT2D eigenvalue weighted by Crippen LogP contribution is -2.16. The van der Waals surface area contributed by atoms with Gasteiger partial charge in [-0.15, -0.1) is 0 Å². The molecule has 0 aromatic heterocycles. The predicted octanol–water partition coefficient (Wildman–Crippen LogP) is 4.11. The number of amidine groups is 1. The highest BCUT2D eigenvalue weighted by Gasteiger charge is 2.30. The summed E-state index contributed by atoms with van der Waals surface area (Å²) in [4.78, 5) is 26.9. The zero-order chi connectivity index (χ0) is 18.9. The summed E-state index contributed by atoms with van der Waals surface area (Å²) in [6.45, 7) is 3.27. The topological polar surface area (TPSA) is 90.2 Å². The number of allylic oxidation sites excluding steroid dienone is 1. The summed E-state index contributed by atoms with van der Waals surface area (Å²) in [6, 6.07) is 10.9. The van der Waals surface area contributed by atoms with Gasteiger partial charge in [0.1, 0.15) is 0 Å². The van der Waals surface area contributed by atoms with Crippen molar-refractivity contribution in [1.29, 1.82) is 0 Å². The van der Waals surface area contributed by atoms with E-state index in [2.05, 4.69) is 48.4 Å². The van der Waals surface area contributed by atoms with Crippen molar-refractivity contribution in [3.05, 3.63) is 47.0 Å². The van der Waals surface area contributed by atoms with E-state index in [9.17, 15) is 0 Å². The van der Waals surface area contributed by atoms with Crippen LogP contribution in [0.15, 0.2) is 46.4 Å². The molecule has 0 saturated carbocycles. The number of carboxylic acid groups (broad SMARTS) is 2. The van der Waals surface area contributed by atoms with Crippen molar-refractivity contribution in [2.45, 2.75) is 45.1 Å². The minimum absolute atomic E-state index is 0.316. The van der Waals surface area contributed by atoms with Crippen LogP contribution in [0.3, 0.4) is 0 Å². The Hall–Kier alpha value is -2.28. The van der Waals surface area contributed by atoms with Crippen LogP contribution in [0.25, 0.3) is 0 Å². The first kappa shape index (κ1) is 20.0. The van der Waals surface area contributed by atoms with Gasteiger partial charge in [-0.1, -0.05) is 68.3 Å². The first-order chi connectivity index (χ1) is 12.5. The molecule has 3 rings (SSSR count). The third kappa shape index (κ3) is 5.91. The maximum Gasteiger partial charge on any atom is 0.414 e. The smallest absolute Gasteiger partial charge is 0.414 e. The van der Waals surface area contributed by atoms with Gasteiger partial charge in [-0.3, -0.25) is 4.99 Å². The number of fused-ring (bicyclic) bond motifs is 1. The number of rotatable bonds is 6. The molecule has 1 aromatic rings. The highest BCUT2D eigenvalue weighted by atomic mass is 32.2. The van der Waals surface area contributed by atoms with Gasteiger partial charge in [-0.25, -0.2) is 9.59 Å². The van der Waals surface area contributed by atoms with Crippen molar-refractivity contribution in [1.82, 2.24) is 4.90 Å². The van der Waals surface area contributed by atoms with Crippen molar-refractivity contribution in [2.75, 3.05) is 6.54 Å². The molecular weight excluding hydrogens is 352 g/mol. The Morgan fingerprint density at radius 1 is 1.15 bits per heavy atom. The molecule has 2 N–H and O–H groups in total. The zero-order valence-corrected chi connectivity index (χ0v) is 15.6. The Bertz CT molecular complexity index is 676. The number of benzene rings is 1. The van der Waals surface area contributed by atoms with Crippen molar-refractivity contribution < 1.29 is 19.8 Å². The number of hydrogen-bond acceptors (Lipinski definition) is 5. The van der Waals surface area contributed by atoms with Crippen molar-refractivity contribution >= 4 is 28.9 Å². The molecule has 26 heavy (non-hydrogen) atoms. The molecule has 0 radical (unpaired) electrons. The van der Waals surface area contributed by atoms with E-state index in [0.717, 1.165) is 6.54 Å². The minimum Gasteiger partial charge on any atom is -0.473 e. The lowest BCUT2D eigenvalue weighted by atomic mass is 10.1. The fourth-order valence-corrected chi connectivity index (χ4v) is 3.81. The van der Waals surface area contributed by atoms with E-state index in [1.807, 2.05) is 11.8 Å². The zero-order valence-electron chi connectivity index (χ0n) is 14.8. The monoisotopic (exact) mass is 376 g/mol. The molecular formula is C19H24N2O4S. The molecule has 0 amide bonds. The van der Waals surface area contributed by atoms with E-state index >= 15 is 0 Å². The van der Waals surface area contributed by atoms with E-state index in [1.54, 1.807) is 0 Å². The lowest BCUT2D eigenvalue weighted by Gasteiger charge is -2.10. The Balaban J connectivity index is 0.000000352. The number of thioether (sulfide) groups is 1. The van der Waals surface area contributed by atoms with E-state index in [-0.39, 0.29) is 0 Å². The molecule has 140 valence electrons. The van der Waals surface area contributed by atoms with E-state index in [0.29, 0.717) is 6.04 Å². The highest BCUT2D eigenvalue weighted by molar-refractivity contribution is 8.17. The molecule has 1 atom stereocenters.